The Morgan fingerprint density at radius 2 is 2.04 bits per heavy atom. The molecule has 0 radical (unpaired) electrons. The van der Waals surface area contributed by atoms with E-state index in [9.17, 15) is 0 Å². The molecule has 0 aliphatic carbocycles. The van der Waals surface area contributed by atoms with Crippen LogP contribution in [0.2, 0.25) is 0 Å². The molecule has 5 nitrogen and oxygen atoms in total. The molecule has 3 rings (SSSR count). The molecule has 0 bridgehead atoms. The molecule has 5 heteroatoms. The number of methoxy groups -OCH3 is 1. The number of nitrogens with one attached hydrogen (secondary N) is 1. The van der Waals surface area contributed by atoms with Crippen LogP contribution in [0.5, 0.6) is 5.75 Å². The summed E-state index contributed by atoms with van der Waals surface area (Å²) in [5, 5.41) is 3.71. The average Bonchev–Trinajstić information content (AvgIpc) is 2.67. The molecule has 2 heterocycles. The third kappa shape index (κ3) is 4.78. The van der Waals surface area contributed by atoms with Crippen molar-refractivity contribution in [3.63, 3.8) is 0 Å². The van der Waals surface area contributed by atoms with Gasteiger partial charge in [-0.3, -0.25) is 9.88 Å². The van der Waals surface area contributed by atoms with Crippen molar-refractivity contribution in [2.75, 3.05) is 40.0 Å². The molecule has 1 atom stereocenters. The number of aryl methyl sites for hydroxylation is 1. The highest BCUT2D eigenvalue weighted by molar-refractivity contribution is 5.32. The molecule has 0 amide bonds. The predicted molar refractivity (Wildman–Crippen MR) is 98.8 cm³/mol. The molecule has 1 aromatic heterocycles. The number of nitrogens with zero attached hydrogens (tertiary/aromatic N) is 2. The van der Waals surface area contributed by atoms with Gasteiger partial charge in [0.2, 0.25) is 0 Å². The molecule has 1 aliphatic heterocycles. The number of hydrogen-bond acceptors (Lipinski definition) is 5. The highest BCUT2D eigenvalue weighted by atomic mass is 16.5. The van der Waals surface area contributed by atoms with E-state index in [0.717, 1.165) is 50.7 Å². The van der Waals surface area contributed by atoms with Gasteiger partial charge in [0.15, 0.2) is 0 Å². The standard InChI is InChI=1S/C20H27N3O2/c1-16-5-3-4-6-18(16)19(15-23-9-11-25-12-10-23)22-14-17-13-21-8-7-20(17)24-2/h3-8,13,19,22H,9-12,14-15H2,1-2H3. The molecule has 1 fully saturated rings. The van der Waals surface area contributed by atoms with Crippen molar-refractivity contribution in [1.29, 1.82) is 0 Å². The molecule has 0 spiro atoms. The summed E-state index contributed by atoms with van der Waals surface area (Å²) in [6.07, 6.45) is 3.63. The van der Waals surface area contributed by atoms with Crippen molar-refractivity contribution < 1.29 is 9.47 Å². The SMILES string of the molecule is COc1ccncc1CNC(CN1CCOCC1)c1ccccc1C. The van der Waals surface area contributed by atoms with Gasteiger partial charge < -0.3 is 14.8 Å². The van der Waals surface area contributed by atoms with Crippen molar-refractivity contribution in [3.8, 4) is 5.75 Å². The van der Waals surface area contributed by atoms with E-state index < -0.39 is 0 Å². The summed E-state index contributed by atoms with van der Waals surface area (Å²) in [6.45, 7) is 7.47. The van der Waals surface area contributed by atoms with Crippen LogP contribution in [0.15, 0.2) is 42.7 Å². The zero-order chi connectivity index (χ0) is 17.5. The van der Waals surface area contributed by atoms with Crippen LogP contribution in [-0.4, -0.2) is 49.8 Å². The molecule has 1 saturated heterocycles. The lowest BCUT2D eigenvalue weighted by Gasteiger charge is -2.32. The summed E-state index contributed by atoms with van der Waals surface area (Å²) in [4.78, 5) is 6.70. The van der Waals surface area contributed by atoms with E-state index >= 15 is 0 Å². The maximum atomic E-state index is 5.48. The minimum Gasteiger partial charge on any atom is -0.496 e. The van der Waals surface area contributed by atoms with Gasteiger partial charge in [0, 0.05) is 50.2 Å². The average molecular weight is 341 g/mol. The maximum absolute atomic E-state index is 5.48. The zero-order valence-corrected chi connectivity index (χ0v) is 15.1. The van der Waals surface area contributed by atoms with Crippen LogP contribution in [0, 0.1) is 6.92 Å². The number of hydrogen-bond donors (Lipinski definition) is 1. The molecule has 1 aromatic carbocycles. The summed E-state index contributed by atoms with van der Waals surface area (Å²) >= 11 is 0. The number of ether oxygens (including phenoxy) is 2. The Bertz CT molecular complexity index is 671. The molecular weight excluding hydrogens is 314 g/mol. The van der Waals surface area contributed by atoms with E-state index in [0.29, 0.717) is 0 Å². The molecule has 1 aliphatic rings. The minimum absolute atomic E-state index is 0.254. The Labute approximate surface area is 150 Å². The van der Waals surface area contributed by atoms with Crippen LogP contribution in [0.1, 0.15) is 22.7 Å². The number of rotatable bonds is 7. The highest BCUT2D eigenvalue weighted by Gasteiger charge is 2.19. The molecule has 0 saturated carbocycles. The Morgan fingerprint density at radius 1 is 1.24 bits per heavy atom. The lowest BCUT2D eigenvalue weighted by atomic mass is 10.00. The van der Waals surface area contributed by atoms with Gasteiger partial charge in [-0.05, 0) is 24.1 Å². The fourth-order valence-electron chi connectivity index (χ4n) is 3.27. The van der Waals surface area contributed by atoms with E-state index in [1.807, 2.05) is 12.3 Å². The third-order valence-electron chi connectivity index (χ3n) is 4.73. The first-order valence-electron chi connectivity index (χ1n) is 8.84. The summed E-state index contributed by atoms with van der Waals surface area (Å²) in [6, 6.07) is 10.8. The van der Waals surface area contributed by atoms with E-state index in [1.54, 1.807) is 13.3 Å². The fraction of sp³-hybridized carbons (Fsp3) is 0.450. The van der Waals surface area contributed by atoms with Crippen molar-refractivity contribution in [2.45, 2.75) is 19.5 Å². The van der Waals surface area contributed by atoms with Gasteiger partial charge in [0.05, 0.1) is 20.3 Å². The van der Waals surface area contributed by atoms with Gasteiger partial charge in [0.25, 0.3) is 0 Å². The second-order valence-corrected chi connectivity index (χ2v) is 6.39. The van der Waals surface area contributed by atoms with Gasteiger partial charge in [-0.15, -0.1) is 0 Å². The van der Waals surface area contributed by atoms with Crippen molar-refractivity contribution in [1.82, 2.24) is 15.2 Å². The molecule has 1 unspecified atom stereocenters. The molecule has 1 N–H and O–H groups in total. The van der Waals surface area contributed by atoms with E-state index in [-0.39, 0.29) is 6.04 Å². The smallest absolute Gasteiger partial charge is 0.126 e. The monoisotopic (exact) mass is 341 g/mol. The van der Waals surface area contributed by atoms with Crippen molar-refractivity contribution in [3.05, 3.63) is 59.4 Å². The molecule has 134 valence electrons. The topological polar surface area (TPSA) is 46.6 Å². The van der Waals surface area contributed by atoms with Crippen LogP contribution < -0.4 is 10.1 Å². The number of morpholine rings is 1. The van der Waals surface area contributed by atoms with Crippen LogP contribution in [0.4, 0.5) is 0 Å². The summed E-state index contributed by atoms with van der Waals surface area (Å²) in [5.74, 6) is 0.873. The number of aromatic nitrogens is 1. The van der Waals surface area contributed by atoms with Gasteiger partial charge in [-0.2, -0.15) is 0 Å². The normalized spacial score (nSPS) is 16.6. The van der Waals surface area contributed by atoms with E-state index in [4.69, 9.17) is 9.47 Å². The van der Waals surface area contributed by atoms with E-state index in [1.165, 1.54) is 11.1 Å². The first kappa shape index (κ1) is 17.9. The summed E-state index contributed by atoms with van der Waals surface area (Å²) < 4.78 is 10.9. The van der Waals surface area contributed by atoms with Crippen LogP contribution in [0.3, 0.4) is 0 Å². The molecule has 25 heavy (non-hydrogen) atoms. The Hall–Kier alpha value is -1.95. The second-order valence-electron chi connectivity index (χ2n) is 6.39. The van der Waals surface area contributed by atoms with Crippen molar-refractivity contribution >= 4 is 0 Å². The summed E-state index contributed by atoms with van der Waals surface area (Å²) in [7, 11) is 1.70. The van der Waals surface area contributed by atoms with Crippen LogP contribution in [0.25, 0.3) is 0 Å². The Morgan fingerprint density at radius 3 is 2.80 bits per heavy atom. The predicted octanol–water partition coefficient (Wildman–Crippen LogP) is 2.56. The fourth-order valence-corrected chi connectivity index (χ4v) is 3.27. The molecular formula is C20H27N3O2. The van der Waals surface area contributed by atoms with Crippen LogP contribution >= 0.6 is 0 Å². The van der Waals surface area contributed by atoms with E-state index in [2.05, 4.69) is 46.4 Å². The Balaban J connectivity index is 1.75. The lowest BCUT2D eigenvalue weighted by Crippen LogP contribution is -2.42. The number of pyridine rings is 1. The Kier molecular flexibility index (Phi) is 6.39. The third-order valence-corrected chi connectivity index (χ3v) is 4.73. The van der Waals surface area contributed by atoms with Crippen LogP contribution in [-0.2, 0) is 11.3 Å². The highest BCUT2D eigenvalue weighted by Crippen LogP contribution is 2.22. The second kappa shape index (κ2) is 8.94. The summed E-state index contributed by atoms with van der Waals surface area (Å²) in [5.41, 5.74) is 3.73. The molecule has 2 aromatic rings. The minimum atomic E-state index is 0.254. The largest absolute Gasteiger partial charge is 0.496 e. The van der Waals surface area contributed by atoms with Crippen molar-refractivity contribution in [2.24, 2.45) is 0 Å². The zero-order valence-electron chi connectivity index (χ0n) is 15.1. The number of benzene rings is 1. The van der Waals surface area contributed by atoms with Gasteiger partial charge >= 0.3 is 0 Å². The first-order valence-corrected chi connectivity index (χ1v) is 8.84. The van der Waals surface area contributed by atoms with Gasteiger partial charge in [-0.1, -0.05) is 24.3 Å². The maximum Gasteiger partial charge on any atom is 0.126 e. The quantitative estimate of drug-likeness (QED) is 0.839. The first-order chi connectivity index (χ1) is 12.3. The lowest BCUT2D eigenvalue weighted by molar-refractivity contribution is 0.0333. The van der Waals surface area contributed by atoms with Gasteiger partial charge in [-0.25, -0.2) is 0 Å². The van der Waals surface area contributed by atoms with Gasteiger partial charge in [0.1, 0.15) is 5.75 Å².